The largest absolute Gasteiger partial charge is 0.384 e. The Morgan fingerprint density at radius 3 is 2.67 bits per heavy atom. The van der Waals surface area contributed by atoms with Crippen molar-refractivity contribution in [1.82, 2.24) is 10.2 Å². The Labute approximate surface area is 126 Å². The first-order valence-electron chi connectivity index (χ1n) is 7.46. The molecule has 2 N–H and O–H groups in total. The van der Waals surface area contributed by atoms with E-state index in [2.05, 4.69) is 29.0 Å². The first kappa shape index (κ1) is 15.6. The van der Waals surface area contributed by atoms with Gasteiger partial charge in [0.05, 0.1) is 0 Å². The minimum Gasteiger partial charge on any atom is -0.384 e. The summed E-state index contributed by atoms with van der Waals surface area (Å²) in [6.45, 7) is 4.63. The summed E-state index contributed by atoms with van der Waals surface area (Å²) >= 11 is 0. The zero-order valence-electron chi connectivity index (χ0n) is 12.4. The minimum absolute atomic E-state index is 0.0523. The molecule has 4 heteroatoms. The molecule has 0 unspecified atom stereocenters. The van der Waals surface area contributed by atoms with Crippen LogP contribution in [0.3, 0.4) is 0 Å². The molecule has 21 heavy (non-hydrogen) atoms. The fourth-order valence-electron chi connectivity index (χ4n) is 2.30. The number of aliphatic hydroxyl groups is 1. The molecule has 1 amide bonds. The standard InChI is InChI=1S/C17H22N2O2/c1-2-19(16-9-10-16)12-11-18-17(21)15-7-5-14(6-8-15)4-3-13-20/h5-8,16,20H,2,9-13H2,1H3,(H,18,21). The van der Waals surface area contributed by atoms with Gasteiger partial charge in [-0.05, 0) is 43.7 Å². The summed E-state index contributed by atoms with van der Waals surface area (Å²) in [5, 5.41) is 11.6. The van der Waals surface area contributed by atoms with Gasteiger partial charge in [-0.2, -0.15) is 0 Å². The number of likely N-dealkylation sites (N-methyl/N-ethyl adjacent to an activating group) is 1. The molecule has 0 bridgehead atoms. The average Bonchev–Trinajstić information content (AvgIpc) is 3.34. The molecule has 0 heterocycles. The van der Waals surface area contributed by atoms with E-state index >= 15 is 0 Å². The van der Waals surface area contributed by atoms with Crippen LogP contribution in [0.5, 0.6) is 0 Å². The van der Waals surface area contributed by atoms with Gasteiger partial charge in [0.2, 0.25) is 0 Å². The number of aliphatic hydroxyl groups excluding tert-OH is 1. The molecule has 0 aliphatic heterocycles. The normalized spacial score (nSPS) is 13.7. The predicted octanol–water partition coefficient (Wildman–Crippen LogP) is 1.24. The summed E-state index contributed by atoms with van der Waals surface area (Å²) in [5.41, 5.74) is 1.44. The van der Waals surface area contributed by atoms with E-state index in [1.54, 1.807) is 24.3 Å². The van der Waals surface area contributed by atoms with E-state index in [-0.39, 0.29) is 12.5 Å². The van der Waals surface area contributed by atoms with Crippen LogP contribution in [-0.2, 0) is 0 Å². The number of rotatable bonds is 6. The van der Waals surface area contributed by atoms with Crippen LogP contribution in [0.1, 0.15) is 35.7 Å². The second-order valence-electron chi connectivity index (χ2n) is 5.15. The number of nitrogens with one attached hydrogen (secondary N) is 1. The number of hydrogen-bond acceptors (Lipinski definition) is 3. The highest BCUT2D eigenvalue weighted by Gasteiger charge is 2.27. The topological polar surface area (TPSA) is 52.6 Å². The Morgan fingerprint density at radius 1 is 1.38 bits per heavy atom. The van der Waals surface area contributed by atoms with Crippen LogP contribution in [-0.4, -0.2) is 48.2 Å². The van der Waals surface area contributed by atoms with Gasteiger partial charge in [0.25, 0.3) is 5.91 Å². The van der Waals surface area contributed by atoms with E-state index in [1.807, 2.05) is 0 Å². The quantitative estimate of drug-likeness (QED) is 0.774. The summed E-state index contributed by atoms with van der Waals surface area (Å²) < 4.78 is 0. The van der Waals surface area contributed by atoms with E-state index in [1.165, 1.54) is 12.8 Å². The monoisotopic (exact) mass is 286 g/mol. The summed E-state index contributed by atoms with van der Waals surface area (Å²) in [6.07, 6.45) is 2.58. The number of benzene rings is 1. The molecule has 1 aromatic rings. The Morgan fingerprint density at radius 2 is 2.10 bits per heavy atom. The van der Waals surface area contributed by atoms with Crippen LogP contribution in [0.4, 0.5) is 0 Å². The first-order chi connectivity index (χ1) is 10.2. The molecule has 4 nitrogen and oxygen atoms in total. The van der Waals surface area contributed by atoms with Crippen molar-refractivity contribution in [2.45, 2.75) is 25.8 Å². The molecule has 1 aromatic carbocycles. The summed E-state index contributed by atoms with van der Waals surface area (Å²) in [7, 11) is 0. The van der Waals surface area contributed by atoms with Crippen molar-refractivity contribution in [3.05, 3.63) is 35.4 Å². The number of hydrogen-bond donors (Lipinski definition) is 2. The fraction of sp³-hybridized carbons (Fsp3) is 0.471. The van der Waals surface area contributed by atoms with Crippen molar-refractivity contribution in [3.63, 3.8) is 0 Å². The molecular weight excluding hydrogens is 264 g/mol. The maximum Gasteiger partial charge on any atom is 0.251 e. The van der Waals surface area contributed by atoms with E-state index in [0.29, 0.717) is 12.1 Å². The molecule has 1 aliphatic rings. The van der Waals surface area contributed by atoms with Gasteiger partial charge in [-0.15, -0.1) is 0 Å². The third-order valence-corrected chi connectivity index (χ3v) is 3.61. The van der Waals surface area contributed by atoms with Crippen molar-refractivity contribution in [2.75, 3.05) is 26.2 Å². The molecule has 0 atom stereocenters. The first-order valence-corrected chi connectivity index (χ1v) is 7.46. The molecular formula is C17H22N2O2. The van der Waals surface area contributed by atoms with Gasteiger partial charge < -0.3 is 10.4 Å². The van der Waals surface area contributed by atoms with Crippen LogP contribution in [0.15, 0.2) is 24.3 Å². The Kier molecular flexibility index (Phi) is 5.79. The van der Waals surface area contributed by atoms with Crippen molar-refractivity contribution < 1.29 is 9.90 Å². The number of carbonyl (C=O) groups excluding carboxylic acids is 1. The molecule has 1 saturated carbocycles. The lowest BCUT2D eigenvalue weighted by molar-refractivity contribution is 0.0948. The molecule has 2 rings (SSSR count). The lowest BCUT2D eigenvalue weighted by Gasteiger charge is -2.19. The predicted molar refractivity (Wildman–Crippen MR) is 83.0 cm³/mol. The minimum atomic E-state index is -0.156. The highest BCUT2D eigenvalue weighted by atomic mass is 16.2. The number of carbonyl (C=O) groups is 1. The van der Waals surface area contributed by atoms with Gasteiger partial charge in [-0.25, -0.2) is 0 Å². The van der Waals surface area contributed by atoms with Crippen molar-refractivity contribution in [3.8, 4) is 11.8 Å². The smallest absolute Gasteiger partial charge is 0.251 e. The lowest BCUT2D eigenvalue weighted by Crippen LogP contribution is -2.36. The van der Waals surface area contributed by atoms with Crippen LogP contribution in [0, 0.1) is 11.8 Å². The molecule has 0 spiro atoms. The Hall–Kier alpha value is -1.83. The third kappa shape index (κ3) is 4.89. The second-order valence-corrected chi connectivity index (χ2v) is 5.15. The average molecular weight is 286 g/mol. The Bertz CT molecular complexity index is 524. The molecule has 0 radical (unpaired) electrons. The van der Waals surface area contributed by atoms with Gasteiger partial charge in [0.1, 0.15) is 6.61 Å². The third-order valence-electron chi connectivity index (χ3n) is 3.61. The fourth-order valence-corrected chi connectivity index (χ4v) is 2.30. The maximum atomic E-state index is 12.0. The molecule has 1 aliphatic carbocycles. The molecule has 0 aromatic heterocycles. The van der Waals surface area contributed by atoms with Crippen molar-refractivity contribution in [2.24, 2.45) is 0 Å². The highest BCUT2D eigenvalue weighted by Crippen LogP contribution is 2.25. The van der Waals surface area contributed by atoms with Gasteiger partial charge in [-0.1, -0.05) is 18.8 Å². The van der Waals surface area contributed by atoms with Crippen molar-refractivity contribution in [1.29, 1.82) is 0 Å². The zero-order valence-corrected chi connectivity index (χ0v) is 12.4. The van der Waals surface area contributed by atoms with E-state index in [4.69, 9.17) is 5.11 Å². The van der Waals surface area contributed by atoms with Crippen LogP contribution >= 0.6 is 0 Å². The van der Waals surface area contributed by atoms with E-state index < -0.39 is 0 Å². The van der Waals surface area contributed by atoms with E-state index in [9.17, 15) is 4.79 Å². The summed E-state index contributed by atoms with van der Waals surface area (Å²) in [4.78, 5) is 14.4. The molecule has 1 fully saturated rings. The van der Waals surface area contributed by atoms with E-state index in [0.717, 1.165) is 24.7 Å². The lowest BCUT2D eigenvalue weighted by atomic mass is 10.1. The van der Waals surface area contributed by atoms with Crippen molar-refractivity contribution >= 4 is 5.91 Å². The maximum absolute atomic E-state index is 12.0. The number of nitrogens with zero attached hydrogens (tertiary/aromatic N) is 1. The molecule has 0 saturated heterocycles. The van der Waals surface area contributed by atoms with Crippen LogP contribution in [0.2, 0.25) is 0 Å². The van der Waals surface area contributed by atoms with Gasteiger partial charge >= 0.3 is 0 Å². The van der Waals surface area contributed by atoms with Crippen LogP contribution in [0.25, 0.3) is 0 Å². The summed E-state index contributed by atoms with van der Waals surface area (Å²) in [5.74, 6) is 5.34. The SMILES string of the molecule is CCN(CCNC(=O)c1ccc(C#CCO)cc1)C1CC1. The van der Waals surface area contributed by atoms with Gasteiger partial charge in [-0.3, -0.25) is 9.69 Å². The second kappa shape index (κ2) is 7.82. The highest BCUT2D eigenvalue weighted by molar-refractivity contribution is 5.94. The van der Waals surface area contributed by atoms with Crippen LogP contribution < -0.4 is 5.32 Å². The Balaban J connectivity index is 1.79. The zero-order chi connectivity index (χ0) is 15.1. The molecule has 112 valence electrons. The summed E-state index contributed by atoms with van der Waals surface area (Å²) in [6, 6.07) is 7.83. The van der Waals surface area contributed by atoms with Gasteiger partial charge in [0, 0.05) is 30.3 Å². The van der Waals surface area contributed by atoms with Gasteiger partial charge in [0.15, 0.2) is 0 Å². The number of amides is 1.